The molecule has 10 heteroatoms. The van der Waals surface area contributed by atoms with Crippen LogP contribution in [0.25, 0.3) is 5.65 Å². The van der Waals surface area contributed by atoms with Gasteiger partial charge in [0.1, 0.15) is 6.07 Å². The molecule has 8 nitrogen and oxygen atoms in total. The Labute approximate surface area is 163 Å². The fourth-order valence-corrected chi connectivity index (χ4v) is 1.76. The number of ether oxygens (including phenoxy) is 2. The van der Waals surface area contributed by atoms with Crippen LogP contribution in [0.15, 0.2) is 34.9 Å². The first-order chi connectivity index (χ1) is 10.6. The minimum absolute atomic E-state index is 0. The molecular weight excluding hydrogens is 377 g/mol. The maximum atomic E-state index is 10.1. The van der Waals surface area contributed by atoms with E-state index in [1.807, 2.05) is 6.07 Å². The second-order valence-electron chi connectivity index (χ2n) is 3.70. The van der Waals surface area contributed by atoms with Gasteiger partial charge in [-0.3, -0.25) is 0 Å². The van der Waals surface area contributed by atoms with Crippen molar-refractivity contribution in [2.24, 2.45) is 0 Å². The van der Waals surface area contributed by atoms with E-state index in [4.69, 9.17) is 10.5 Å². The van der Waals surface area contributed by atoms with Gasteiger partial charge in [-0.2, -0.15) is 15.6 Å². The average molecular weight is 388 g/mol. The molecule has 0 aliphatic heterocycles. The van der Waals surface area contributed by atoms with Crippen LogP contribution in [0.5, 0.6) is 0 Å². The number of halogens is 1. The Morgan fingerprint density at radius 3 is 2.48 bits per heavy atom. The van der Waals surface area contributed by atoms with Crippen LogP contribution in [-0.4, -0.2) is 35.1 Å². The molecule has 0 aliphatic carbocycles. The molecule has 0 saturated heterocycles. The van der Waals surface area contributed by atoms with Crippen molar-refractivity contribution in [1.82, 2.24) is 14.6 Å². The summed E-state index contributed by atoms with van der Waals surface area (Å²) in [7, 11) is 2.71. The monoisotopic (exact) mass is 387 g/mol. The van der Waals surface area contributed by atoms with Gasteiger partial charge in [0, 0.05) is 20.4 Å². The normalized spacial score (nSPS) is 10.3. The molecule has 0 amide bonds. The van der Waals surface area contributed by atoms with Gasteiger partial charge in [0.15, 0.2) is 11.9 Å². The Morgan fingerprint density at radius 1 is 1.39 bits per heavy atom. The van der Waals surface area contributed by atoms with E-state index in [0.29, 0.717) is 17.5 Å². The van der Waals surface area contributed by atoms with Crippen molar-refractivity contribution in [3.63, 3.8) is 0 Å². The Bertz CT molecular complexity index is 746. The Morgan fingerprint density at radius 2 is 2.04 bits per heavy atom. The number of rotatable bonds is 3. The smallest absolute Gasteiger partial charge is 0.877 e. The summed E-state index contributed by atoms with van der Waals surface area (Å²) in [5.41, 5.74) is 1.15. The molecule has 0 N–H and O–H groups in total. The molecule has 0 spiro atoms. The summed E-state index contributed by atoms with van der Waals surface area (Å²) >= 11 is 3.28. The molecule has 114 valence electrons. The van der Waals surface area contributed by atoms with Crippen molar-refractivity contribution in [2.75, 3.05) is 14.2 Å². The van der Waals surface area contributed by atoms with Crippen molar-refractivity contribution in [3.8, 4) is 12.1 Å². The Balaban J connectivity index is 0.000000412. The molecule has 23 heavy (non-hydrogen) atoms. The number of hydrogen-bond donors (Lipinski definition) is 0. The van der Waals surface area contributed by atoms with Gasteiger partial charge in [-0.05, 0) is 15.9 Å². The summed E-state index contributed by atoms with van der Waals surface area (Å²) in [5.74, 6) is 0. The number of nitriles is 2. The van der Waals surface area contributed by atoms with E-state index >= 15 is 0 Å². The average Bonchev–Trinajstić information content (AvgIpc) is 2.93. The number of fused-ring (bicyclic) bond motifs is 1. The minimum atomic E-state index is -0.831. The van der Waals surface area contributed by atoms with Crippen LogP contribution in [0.4, 0.5) is 0 Å². The van der Waals surface area contributed by atoms with Crippen molar-refractivity contribution in [1.29, 1.82) is 10.5 Å². The summed E-state index contributed by atoms with van der Waals surface area (Å²) in [6, 6.07) is 3.64. The molecular formula is C13H11BrN5NaO3. The predicted molar refractivity (Wildman–Crippen MR) is 76.9 cm³/mol. The quantitative estimate of drug-likeness (QED) is 0.252. The summed E-state index contributed by atoms with van der Waals surface area (Å²) in [5, 5.41) is 30.9. The number of hydrogen-bond acceptors (Lipinski definition) is 7. The summed E-state index contributed by atoms with van der Waals surface area (Å²) in [6.45, 7) is 0. The Hall–Kier alpha value is -1.46. The fourth-order valence-electron chi connectivity index (χ4n) is 1.39. The SMILES string of the molecule is COC(OC)/C(C#N)=C/[O-].N#Cc1cnc2c(Br)cnn2c1.[Na+]. The van der Waals surface area contributed by atoms with Crippen LogP contribution in [0, 0.1) is 22.7 Å². The third-order valence-corrected chi connectivity index (χ3v) is 2.94. The van der Waals surface area contributed by atoms with Gasteiger partial charge in [0.25, 0.3) is 0 Å². The van der Waals surface area contributed by atoms with Gasteiger partial charge in [0.2, 0.25) is 0 Å². The number of aromatic nitrogens is 3. The summed E-state index contributed by atoms with van der Waals surface area (Å²) in [4.78, 5) is 4.04. The van der Waals surface area contributed by atoms with E-state index in [0.717, 1.165) is 4.47 Å². The van der Waals surface area contributed by atoms with E-state index in [1.54, 1.807) is 23.0 Å². The van der Waals surface area contributed by atoms with Crippen LogP contribution in [-0.2, 0) is 9.47 Å². The van der Waals surface area contributed by atoms with E-state index in [2.05, 4.69) is 35.5 Å². The molecule has 2 rings (SSSR count). The Kier molecular flexibility index (Phi) is 10.4. The second kappa shape index (κ2) is 11.1. The van der Waals surface area contributed by atoms with E-state index in [9.17, 15) is 5.11 Å². The largest absolute Gasteiger partial charge is 1.00 e. The molecule has 2 aromatic heterocycles. The maximum absolute atomic E-state index is 10.1. The van der Waals surface area contributed by atoms with Crippen molar-refractivity contribution in [3.05, 3.63) is 40.5 Å². The number of nitrogens with zero attached hydrogens (tertiary/aromatic N) is 5. The first kappa shape index (κ1) is 21.5. The van der Waals surface area contributed by atoms with Crippen molar-refractivity contribution in [2.45, 2.75) is 6.29 Å². The van der Waals surface area contributed by atoms with Gasteiger partial charge in [-0.1, -0.05) is 0 Å². The van der Waals surface area contributed by atoms with Gasteiger partial charge in [-0.25, -0.2) is 9.50 Å². The van der Waals surface area contributed by atoms with Gasteiger partial charge in [0.05, 0.1) is 34.1 Å². The van der Waals surface area contributed by atoms with Crippen LogP contribution in [0.1, 0.15) is 5.56 Å². The van der Waals surface area contributed by atoms with Crippen LogP contribution in [0.2, 0.25) is 0 Å². The van der Waals surface area contributed by atoms with E-state index < -0.39 is 6.29 Å². The molecule has 0 bridgehead atoms. The molecule has 0 unspecified atom stereocenters. The molecule has 0 aromatic carbocycles. The third kappa shape index (κ3) is 5.92. The minimum Gasteiger partial charge on any atom is -0.877 e. The summed E-state index contributed by atoms with van der Waals surface area (Å²) < 4.78 is 11.6. The first-order valence-corrected chi connectivity index (χ1v) is 6.57. The van der Waals surface area contributed by atoms with Gasteiger partial charge >= 0.3 is 29.6 Å². The zero-order chi connectivity index (χ0) is 16.5. The topological polar surface area (TPSA) is 119 Å². The zero-order valence-electron chi connectivity index (χ0n) is 12.7. The van der Waals surface area contributed by atoms with Crippen LogP contribution < -0.4 is 34.7 Å². The van der Waals surface area contributed by atoms with Crippen molar-refractivity contribution < 1.29 is 44.1 Å². The standard InChI is InChI=1S/C7H3BrN4.C6H9NO3.Na/c8-6-3-11-12-4-5(1-9)2-10-7(6)12;1-9-6(10-2)5(3-7)4-8;/h2-4H;4,6,8H,1-2H3;/q;;+1/p-1/b;5-4+;. The molecule has 0 atom stereocenters. The maximum Gasteiger partial charge on any atom is 1.00 e. The van der Waals surface area contributed by atoms with E-state index in [-0.39, 0.29) is 35.1 Å². The second-order valence-corrected chi connectivity index (χ2v) is 4.56. The fraction of sp³-hybridized carbons (Fsp3) is 0.231. The molecule has 0 fully saturated rings. The zero-order valence-corrected chi connectivity index (χ0v) is 16.3. The first-order valence-electron chi connectivity index (χ1n) is 5.77. The summed E-state index contributed by atoms with van der Waals surface area (Å²) in [6.07, 6.45) is 4.37. The molecule has 0 saturated carbocycles. The number of methoxy groups -OCH3 is 2. The van der Waals surface area contributed by atoms with E-state index in [1.165, 1.54) is 20.4 Å². The molecule has 0 radical (unpaired) electrons. The molecule has 0 aliphatic rings. The molecule has 2 heterocycles. The van der Waals surface area contributed by atoms with Crippen LogP contribution in [0.3, 0.4) is 0 Å². The van der Waals surface area contributed by atoms with Gasteiger partial charge < -0.3 is 14.6 Å². The third-order valence-electron chi connectivity index (χ3n) is 2.38. The predicted octanol–water partition coefficient (Wildman–Crippen LogP) is -2.26. The van der Waals surface area contributed by atoms with Crippen molar-refractivity contribution >= 4 is 21.6 Å². The van der Waals surface area contributed by atoms with Crippen LogP contribution >= 0.6 is 15.9 Å². The van der Waals surface area contributed by atoms with Gasteiger partial charge in [-0.15, -0.1) is 6.26 Å². The molecule has 2 aromatic rings.